The maximum Gasteiger partial charge on any atom is 0.348 e. The van der Waals surface area contributed by atoms with Crippen molar-refractivity contribution in [1.29, 1.82) is 0 Å². The fraction of sp³-hybridized carbons (Fsp3) is 0.438. The predicted molar refractivity (Wildman–Crippen MR) is 96.3 cm³/mol. The zero-order chi connectivity index (χ0) is 19.4. The molecule has 0 saturated carbocycles. The Morgan fingerprint density at radius 1 is 1.35 bits per heavy atom. The molecule has 10 heteroatoms. The van der Waals surface area contributed by atoms with Gasteiger partial charge in [0.25, 0.3) is 5.56 Å². The summed E-state index contributed by atoms with van der Waals surface area (Å²) in [6.07, 6.45) is 1.25. The van der Waals surface area contributed by atoms with Gasteiger partial charge in [0.15, 0.2) is 0 Å². The number of hydrogen-bond donors (Lipinski definition) is 1. The predicted octanol–water partition coefficient (Wildman–Crippen LogP) is 0.148. The smallest absolute Gasteiger partial charge is 0.348 e. The van der Waals surface area contributed by atoms with Crippen LogP contribution in [0, 0.1) is 6.92 Å². The molecule has 2 rings (SSSR count). The van der Waals surface area contributed by atoms with Gasteiger partial charge in [0, 0.05) is 14.1 Å². The van der Waals surface area contributed by atoms with Crippen molar-refractivity contribution in [2.24, 2.45) is 0 Å². The van der Waals surface area contributed by atoms with Crippen molar-refractivity contribution in [3.63, 3.8) is 0 Å². The molecule has 0 atom stereocenters. The topological polar surface area (TPSA) is 111 Å². The molecule has 140 valence electrons. The molecule has 1 N–H and O–H groups in total. The molecule has 2 aromatic rings. The molecule has 0 radical (unpaired) electrons. The average molecular weight is 380 g/mol. The van der Waals surface area contributed by atoms with Crippen LogP contribution >= 0.6 is 11.3 Å². The standard InChI is InChI=1S/C16H20N4O5S/c1-5-25-16(24)13-9(2)12-14(26-13)18-8-20(15(12)23)7-10(21)17-6-11(22)19(3)4/h8H,5-7H2,1-4H3,(H,17,21). The first-order valence-electron chi connectivity index (χ1n) is 7.88. The molecule has 0 saturated heterocycles. The number of nitrogens with one attached hydrogen (secondary N) is 1. The highest BCUT2D eigenvalue weighted by Gasteiger charge is 2.20. The first-order chi connectivity index (χ1) is 12.3. The van der Waals surface area contributed by atoms with Crippen molar-refractivity contribution < 1.29 is 19.1 Å². The van der Waals surface area contributed by atoms with E-state index in [-0.39, 0.29) is 31.0 Å². The molecule has 2 amide bonds. The van der Waals surface area contributed by atoms with Gasteiger partial charge in [0.2, 0.25) is 11.8 Å². The molecule has 0 bridgehead atoms. The molecular weight excluding hydrogens is 360 g/mol. The number of aromatic nitrogens is 2. The van der Waals surface area contributed by atoms with Gasteiger partial charge >= 0.3 is 5.97 Å². The Hall–Kier alpha value is -2.75. The molecule has 0 spiro atoms. The van der Waals surface area contributed by atoms with Crippen molar-refractivity contribution in [2.45, 2.75) is 20.4 Å². The zero-order valence-electron chi connectivity index (χ0n) is 15.0. The summed E-state index contributed by atoms with van der Waals surface area (Å²) in [7, 11) is 3.16. The zero-order valence-corrected chi connectivity index (χ0v) is 15.8. The van der Waals surface area contributed by atoms with E-state index in [1.165, 1.54) is 11.2 Å². The van der Waals surface area contributed by atoms with Crippen molar-refractivity contribution in [1.82, 2.24) is 19.8 Å². The summed E-state index contributed by atoms with van der Waals surface area (Å²) in [5.41, 5.74) is 0.0619. The van der Waals surface area contributed by atoms with E-state index in [0.717, 1.165) is 15.9 Å². The van der Waals surface area contributed by atoms with E-state index in [4.69, 9.17) is 4.74 Å². The van der Waals surface area contributed by atoms with Crippen LogP contribution in [-0.2, 0) is 20.9 Å². The molecule has 2 heterocycles. The van der Waals surface area contributed by atoms with Gasteiger partial charge in [-0.2, -0.15) is 0 Å². The van der Waals surface area contributed by atoms with E-state index in [2.05, 4.69) is 10.3 Å². The summed E-state index contributed by atoms with van der Waals surface area (Å²) in [6, 6.07) is 0. The molecule has 0 aromatic carbocycles. The van der Waals surface area contributed by atoms with Crippen LogP contribution in [0.3, 0.4) is 0 Å². The van der Waals surface area contributed by atoms with Crippen LogP contribution in [0.2, 0.25) is 0 Å². The van der Waals surface area contributed by atoms with Gasteiger partial charge in [-0.1, -0.05) is 0 Å². The Balaban J connectivity index is 2.25. The van der Waals surface area contributed by atoms with Gasteiger partial charge in [0.1, 0.15) is 16.3 Å². The fourth-order valence-electron chi connectivity index (χ4n) is 2.21. The summed E-state index contributed by atoms with van der Waals surface area (Å²) in [5.74, 6) is -1.24. The summed E-state index contributed by atoms with van der Waals surface area (Å²) in [6.45, 7) is 3.16. The second kappa shape index (κ2) is 8.09. The number of fused-ring (bicyclic) bond motifs is 1. The minimum absolute atomic E-state index is 0.152. The number of aryl methyl sites for hydroxylation is 1. The van der Waals surface area contributed by atoms with E-state index in [1.54, 1.807) is 27.9 Å². The monoisotopic (exact) mass is 380 g/mol. The lowest BCUT2D eigenvalue weighted by Gasteiger charge is -2.11. The van der Waals surface area contributed by atoms with Gasteiger partial charge in [-0.05, 0) is 19.4 Å². The Morgan fingerprint density at radius 2 is 2.04 bits per heavy atom. The van der Waals surface area contributed by atoms with E-state index >= 15 is 0 Å². The van der Waals surface area contributed by atoms with Gasteiger partial charge in [0.05, 0.1) is 24.9 Å². The number of esters is 1. The summed E-state index contributed by atoms with van der Waals surface area (Å²) >= 11 is 1.08. The highest BCUT2D eigenvalue weighted by Crippen LogP contribution is 2.27. The first-order valence-corrected chi connectivity index (χ1v) is 8.70. The van der Waals surface area contributed by atoms with Crippen LogP contribution < -0.4 is 10.9 Å². The highest BCUT2D eigenvalue weighted by atomic mass is 32.1. The summed E-state index contributed by atoms with van der Waals surface area (Å²) < 4.78 is 6.13. The molecule has 0 aliphatic heterocycles. The van der Waals surface area contributed by atoms with Gasteiger partial charge in [-0.25, -0.2) is 9.78 Å². The van der Waals surface area contributed by atoms with Crippen LogP contribution in [0.4, 0.5) is 0 Å². The van der Waals surface area contributed by atoms with Crippen LogP contribution in [0.15, 0.2) is 11.1 Å². The molecule has 0 aliphatic rings. The lowest BCUT2D eigenvalue weighted by Crippen LogP contribution is -2.39. The van der Waals surface area contributed by atoms with E-state index < -0.39 is 17.4 Å². The summed E-state index contributed by atoms with van der Waals surface area (Å²) in [5, 5.41) is 2.74. The number of thiophene rings is 1. The SMILES string of the molecule is CCOC(=O)c1sc2ncn(CC(=O)NCC(=O)N(C)C)c(=O)c2c1C. The van der Waals surface area contributed by atoms with Crippen LogP contribution in [-0.4, -0.2) is 59.5 Å². The van der Waals surface area contributed by atoms with Gasteiger partial charge < -0.3 is 15.0 Å². The number of likely N-dealkylation sites (N-methyl/N-ethyl adjacent to an activating group) is 1. The Morgan fingerprint density at radius 3 is 2.65 bits per heavy atom. The first kappa shape index (κ1) is 19.6. The lowest BCUT2D eigenvalue weighted by atomic mass is 10.2. The van der Waals surface area contributed by atoms with Crippen molar-refractivity contribution in [3.05, 3.63) is 27.1 Å². The number of ether oxygens (including phenoxy) is 1. The highest BCUT2D eigenvalue weighted by molar-refractivity contribution is 7.20. The van der Waals surface area contributed by atoms with Crippen molar-refractivity contribution >= 4 is 39.3 Å². The van der Waals surface area contributed by atoms with Crippen molar-refractivity contribution in [3.8, 4) is 0 Å². The summed E-state index contributed by atoms with van der Waals surface area (Å²) in [4.78, 5) is 54.3. The maximum atomic E-state index is 12.6. The average Bonchev–Trinajstić information content (AvgIpc) is 2.93. The number of rotatable bonds is 6. The molecule has 26 heavy (non-hydrogen) atoms. The minimum atomic E-state index is -0.501. The Labute approximate surface area is 153 Å². The number of carbonyl (C=O) groups excluding carboxylic acids is 3. The number of amides is 2. The number of nitrogens with zero attached hydrogens (tertiary/aromatic N) is 3. The number of hydrogen-bond acceptors (Lipinski definition) is 7. The molecule has 0 unspecified atom stereocenters. The van der Waals surface area contributed by atoms with E-state index in [9.17, 15) is 19.2 Å². The third-order valence-electron chi connectivity index (χ3n) is 3.63. The second-order valence-corrected chi connectivity index (χ2v) is 6.70. The Bertz CT molecular complexity index is 915. The van der Waals surface area contributed by atoms with Crippen molar-refractivity contribution in [2.75, 3.05) is 27.2 Å². The number of carbonyl (C=O) groups is 3. The second-order valence-electron chi connectivity index (χ2n) is 5.70. The molecule has 2 aromatic heterocycles. The molecule has 0 fully saturated rings. The van der Waals surface area contributed by atoms with E-state index in [0.29, 0.717) is 15.3 Å². The Kier molecular flexibility index (Phi) is 6.09. The largest absolute Gasteiger partial charge is 0.462 e. The fourth-order valence-corrected chi connectivity index (χ4v) is 3.24. The van der Waals surface area contributed by atoms with Gasteiger partial charge in [-0.3, -0.25) is 19.0 Å². The lowest BCUT2D eigenvalue weighted by molar-refractivity contribution is -0.131. The molecular formula is C16H20N4O5S. The van der Waals surface area contributed by atoms with Crippen LogP contribution in [0.1, 0.15) is 22.2 Å². The quantitative estimate of drug-likeness (QED) is 0.714. The molecule has 9 nitrogen and oxygen atoms in total. The molecule has 0 aliphatic carbocycles. The third-order valence-corrected chi connectivity index (χ3v) is 4.81. The van der Waals surface area contributed by atoms with E-state index in [1.807, 2.05) is 0 Å². The maximum absolute atomic E-state index is 12.6. The van der Waals surface area contributed by atoms with Crippen LogP contribution in [0.5, 0.6) is 0 Å². The normalized spacial score (nSPS) is 10.6. The van der Waals surface area contributed by atoms with Crippen LogP contribution in [0.25, 0.3) is 10.2 Å². The minimum Gasteiger partial charge on any atom is -0.462 e. The van der Waals surface area contributed by atoms with Gasteiger partial charge in [-0.15, -0.1) is 11.3 Å². The third kappa shape index (κ3) is 4.07.